The van der Waals surface area contributed by atoms with Crippen LogP contribution < -0.4 is 5.32 Å². The minimum Gasteiger partial charge on any atom is -0.444 e. The van der Waals surface area contributed by atoms with Gasteiger partial charge in [0.2, 0.25) is 0 Å². The van der Waals surface area contributed by atoms with Crippen LogP contribution in [0.4, 0.5) is 23.7 Å². The van der Waals surface area contributed by atoms with E-state index in [1.165, 1.54) is 0 Å². The topological polar surface area (TPSA) is 41.6 Å². The number of rotatable bonds is 3. The van der Waals surface area contributed by atoms with Gasteiger partial charge in [-0.1, -0.05) is 12.1 Å². The largest absolute Gasteiger partial charge is 0.444 e. The molecule has 140 valence electrons. The number of hydrogen-bond donors (Lipinski definition) is 1. The second-order valence-electron chi connectivity index (χ2n) is 7.28. The van der Waals surface area contributed by atoms with Crippen molar-refractivity contribution in [3.05, 3.63) is 29.8 Å². The van der Waals surface area contributed by atoms with E-state index in [0.29, 0.717) is 12.2 Å². The number of carbonyl (C=O) groups is 1. The molecular weight excluding hydrogens is 333 g/mol. The molecule has 1 aromatic rings. The summed E-state index contributed by atoms with van der Waals surface area (Å²) in [5, 5.41) is 2.35. The highest BCUT2D eigenvalue weighted by Crippen LogP contribution is 2.32. The van der Waals surface area contributed by atoms with E-state index >= 15 is 0 Å². The van der Waals surface area contributed by atoms with Gasteiger partial charge in [0.1, 0.15) is 12.1 Å². The van der Waals surface area contributed by atoms with E-state index in [1.54, 1.807) is 29.2 Å². The van der Waals surface area contributed by atoms with Gasteiger partial charge in [0, 0.05) is 12.2 Å². The summed E-state index contributed by atoms with van der Waals surface area (Å²) >= 11 is 0. The Morgan fingerprint density at radius 2 is 1.84 bits per heavy atom. The summed E-state index contributed by atoms with van der Waals surface area (Å²) < 4.78 is 42.3. The van der Waals surface area contributed by atoms with Crippen molar-refractivity contribution in [3.8, 4) is 0 Å². The van der Waals surface area contributed by atoms with E-state index in [9.17, 15) is 18.0 Å². The number of ether oxygens (including phenoxy) is 1. The lowest BCUT2D eigenvalue weighted by Crippen LogP contribution is -2.41. The van der Waals surface area contributed by atoms with Gasteiger partial charge in [0.05, 0.1) is 6.04 Å². The maximum Gasteiger partial charge on any atom is 0.410 e. The molecule has 1 N–H and O–H groups in total. The van der Waals surface area contributed by atoms with Crippen LogP contribution in [0, 0.1) is 0 Å². The van der Waals surface area contributed by atoms with Gasteiger partial charge >= 0.3 is 12.3 Å². The van der Waals surface area contributed by atoms with Crippen LogP contribution in [0.3, 0.4) is 0 Å². The van der Waals surface area contributed by atoms with E-state index in [2.05, 4.69) is 5.32 Å². The van der Waals surface area contributed by atoms with Gasteiger partial charge in [-0.3, -0.25) is 0 Å². The number of alkyl halides is 3. The monoisotopic (exact) mass is 358 g/mol. The highest BCUT2D eigenvalue weighted by Gasteiger charge is 2.31. The van der Waals surface area contributed by atoms with Crippen LogP contribution in [-0.2, 0) is 4.74 Å². The number of benzene rings is 1. The molecule has 0 aromatic heterocycles. The fraction of sp³-hybridized carbons (Fsp3) is 0.611. The van der Waals surface area contributed by atoms with Crippen LogP contribution in [0.1, 0.15) is 51.6 Å². The Kier molecular flexibility index (Phi) is 5.85. The second kappa shape index (κ2) is 7.54. The first-order valence-electron chi connectivity index (χ1n) is 8.45. The molecule has 0 bridgehead atoms. The van der Waals surface area contributed by atoms with Crippen molar-refractivity contribution in [1.29, 1.82) is 0 Å². The number of likely N-dealkylation sites (tertiary alicyclic amines) is 1. The summed E-state index contributed by atoms with van der Waals surface area (Å²) in [4.78, 5) is 14.2. The Morgan fingerprint density at radius 3 is 2.40 bits per heavy atom. The molecule has 0 spiro atoms. The van der Waals surface area contributed by atoms with Crippen molar-refractivity contribution in [1.82, 2.24) is 4.90 Å². The first-order chi connectivity index (χ1) is 11.6. The van der Waals surface area contributed by atoms with Crippen LogP contribution in [0.2, 0.25) is 0 Å². The van der Waals surface area contributed by atoms with Crippen molar-refractivity contribution in [2.75, 3.05) is 18.4 Å². The van der Waals surface area contributed by atoms with Gasteiger partial charge in [-0.05, 0) is 57.7 Å². The van der Waals surface area contributed by atoms with E-state index in [0.717, 1.165) is 24.8 Å². The average molecular weight is 358 g/mol. The lowest BCUT2D eigenvalue weighted by Gasteiger charge is -2.37. The molecule has 0 radical (unpaired) electrons. The molecule has 1 atom stereocenters. The summed E-state index contributed by atoms with van der Waals surface area (Å²) in [6, 6.07) is 6.66. The van der Waals surface area contributed by atoms with Crippen LogP contribution in [0.25, 0.3) is 0 Å². The van der Waals surface area contributed by atoms with Crippen molar-refractivity contribution in [2.45, 2.75) is 57.9 Å². The van der Waals surface area contributed by atoms with E-state index in [-0.39, 0.29) is 12.1 Å². The first-order valence-corrected chi connectivity index (χ1v) is 8.45. The standard InChI is InChI=1S/C18H25F3N2O2/c1-17(2,3)25-16(24)23-11-5-4-6-15(23)13-7-9-14(10-8-13)22-12-18(19,20)21/h7-10,15,22H,4-6,11-12H2,1-3H3/t15-/m0/s1. The molecule has 1 aromatic carbocycles. The molecule has 0 unspecified atom stereocenters. The van der Waals surface area contributed by atoms with E-state index in [1.807, 2.05) is 20.8 Å². The Bertz CT molecular complexity index is 579. The van der Waals surface area contributed by atoms with Gasteiger partial charge in [-0.2, -0.15) is 13.2 Å². The normalized spacial score (nSPS) is 18.8. The third-order valence-corrected chi connectivity index (χ3v) is 3.92. The molecule has 1 aliphatic heterocycles. The van der Waals surface area contributed by atoms with Crippen molar-refractivity contribution >= 4 is 11.8 Å². The van der Waals surface area contributed by atoms with Gasteiger partial charge in [0.15, 0.2) is 0 Å². The number of halogens is 3. The minimum atomic E-state index is -4.25. The lowest BCUT2D eigenvalue weighted by atomic mass is 9.95. The van der Waals surface area contributed by atoms with Gasteiger partial charge in [0.25, 0.3) is 0 Å². The van der Waals surface area contributed by atoms with E-state index in [4.69, 9.17) is 4.74 Å². The zero-order valence-electron chi connectivity index (χ0n) is 14.8. The summed E-state index contributed by atoms with van der Waals surface area (Å²) in [7, 11) is 0. The molecule has 4 nitrogen and oxygen atoms in total. The summed E-state index contributed by atoms with van der Waals surface area (Å²) in [5.74, 6) is 0. The van der Waals surface area contributed by atoms with Crippen LogP contribution >= 0.6 is 0 Å². The van der Waals surface area contributed by atoms with Crippen molar-refractivity contribution in [3.63, 3.8) is 0 Å². The second-order valence-corrected chi connectivity index (χ2v) is 7.28. The minimum absolute atomic E-state index is 0.111. The molecule has 1 aliphatic rings. The molecule has 25 heavy (non-hydrogen) atoms. The zero-order valence-corrected chi connectivity index (χ0v) is 14.8. The number of carbonyl (C=O) groups excluding carboxylic acids is 1. The summed E-state index contributed by atoms with van der Waals surface area (Å²) in [6.07, 6.45) is -1.88. The predicted molar refractivity (Wildman–Crippen MR) is 90.5 cm³/mol. The third-order valence-electron chi connectivity index (χ3n) is 3.92. The van der Waals surface area contributed by atoms with Crippen molar-refractivity contribution < 1.29 is 22.7 Å². The number of nitrogens with one attached hydrogen (secondary N) is 1. The summed E-state index contributed by atoms with van der Waals surface area (Å²) in [5.41, 5.74) is 0.744. The Morgan fingerprint density at radius 1 is 1.20 bits per heavy atom. The smallest absolute Gasteiger partial charge is 0.410 e. The maximum atomic E-state index is 12.4. The Hall–Kier alpha value is -1.92. The van der Waals surface area contributed by atoms with Crippen LogP contribution in [0.5, 0.6) is 0 Å². The summed E-state index contributed by atoms with van der Waals surface area (Å²) in [6.45, 7) is 5.02. The number of anilines is 1. The number of piperidine rings is 1. The third kappa shape index (κ3) is 6.14. The lowest BCUT2D eigenvalue weighted by molar-refractivity contribution is -0.115. The fourth-order valence-electron chi connectivity index (χ4n) is 2.84. The maximum absolute atomic E-state index is 12.4. The van der Waals surface area contributed by atoms with Gasteiger partial charge < -0.3 is 15.0 Å². The zero-order chi connectivity index (χ0) is 18.7. The molecule has 1 fully saturated rings. The highest BCUT2D eigenvalue weighted by atomic mass is 19.4. The molecule has 0 saturated carbocycles. The van der Waals surface area contributed by atoms with Gasteiger partial charge in [-0.25, -0.2) is 4.79 Å². The highest BCUT2D eigenvalue weighted by molar-refractivity contribution is 5.69. The average Bonchev–Trinajstić information content (AvgIpc) is 2.51. The number of hydrogen-bond acceptors (Lipinski definition) is 3. The number of nitrogens with zero attached hydrogens (tertiary/aromatic N) is 1. The van der Waals surface area contributed by atoms with E-state index < -0.39 is 18.3 Å². The molecule has 1 heterocycles. The predicted octanol–water partition coefficient (Wildman–Crippen LogP) is 5.12. The van der Waals surface area contributed by atoms with Gasteiger partial charge in [-0.15, -0.1) is 0 Å². The molecule has 7 heteroatoms. The molecule has 1 saturated heterocycles. The quantitative estimate of drug-likeness (QED) is 0.815. The Labute approximate surface area is 146 Å². The fourth-order valence-corrected chi connectivity index (χ4v) is 2.84. The Balaban J connectivity index is 2.08. The molecule has 2 rings (SSSR count). The molecular formula is C18H25F3N2O2. The molecule has 0 aliphatic carbocycles. The first kappa shape index (κ1) is 19.4. The molecule has 1 amide bonds. The van der Waals surface area contributed by atoms with Crippen molar-refractivity contribution in [2.24, 2.45) is 0 Å². The SMILES string of the molecule is CC(C)(C)OC(=O)N1CCCC[C@H]1c1ccc(NCC(F)(F)F)cc1. The number of amides is 1. The van der Waals surface area contributed by atoms with Crippen LogP contribution in [-0.4, -0.2) is 35.9 Å². The van der Waals surface area contributed by atoms with Crippen LogP contribution in [0.15, 0.2) is 24.3 Å².